The first kappa shape index (κ1) is 12.9. The second-order valence-corrected chi connectivity index (χ2v) is 3.77. The Hall–Kier alpha value is -2.13. The zero-order valence-electron chi connectivity index (χ0n) is 9.84. The number of nitrogen functional groups attached to an aromatic ring is 1. The van der Waals surface area contributed by atoms with Gasteiger partial charge < -0.3 is 10.3 Å². The average molecular weight is 233 g/mol. The maximum absolute atomic E-state index is 11.9. The van der Waals surface area contributed by atoms with Crippen molar-refractivity contribution in [2.24, 2.45) is 11.8 Å². The van der Waals surface area contributed by atoms with Gasteiger partial charge in [-0.15, -0.1) is 0 Å². The lowest BCUT2D eigenvalue weighted by Crippen LogP contribution is -2.31. The number of nitrogens with one attached hydrogen (secondary N) is 1. The van der Waals surface area contributed by atoms with Crippen LogP contribution >= 0.6 is 0 Å². The summed E-state index contributed by atoms with van der Waals surface area (Å²) in [6, 6.07) is 7.04. The predicted molar refractivity (Wildman–Crippen MR) is 63.8 cm³/mol. The van der Waals surface area contributed by atoms with Crippen molar-refractivity contribution in [3.05, 3.63) is 23.9 Å². The molecule has 6 heteroatoms. The number of amides is 1. The highest BCUT2D eigenvalue weighted by Crippen LogP contribution is 2.07. The van der Waals surface area contributed by atoms with E-state index in [0.29, 0.717) is 18.1 Å². The van der Waals surface area contributed by atoms with Crippen LogP contribution in [-0.4, -0.2) is 29.4 Å². The van der Waals surface area contributed by atoms with Crippen LogP contribution in [0.2, 0.25) is 0 Å². The van der Waals surface area contributed by atoms with E-state index in [0.717, 1.165) is 0 Å². The third-order valence-electron chi connectivity index (χ3n) is 2.23. The van der Waals surface area contributed by atoms with Crippen molar-refractivity contribution in [2.45, 2.75) is 6.92 Å². The number of hydrazine groups is 1. The van der Waals surface area contributed by atoms with E-state index in [9.17, 15) is 4.79 Å². The van der Waals surface area contributed by atoms with Crippen molar-refractivity contribution in [1.29, 1.82) is 5.26 Å². The molecule has 1 unspecified atom stereocenters. The number of hydrogen-bond acceptors (Lipinski definition) is 5. The molecule has 17 heavy (non-hydrogen) atoms. The Morgan fingerprint density at radius 1 is 1.71 bits per heavy atom. The standard InChI is InChI=1S/C11H15N5O/c1-8(6-12)7-16(2)11(17)9-4-3-5-10(14-9)15-13/h3-5,8H,7,13H2,1-2H3,(H,14,15). The zero-order valence-corrected chi connectivity index (χ0v) is 9.84. The minimum Gasteiger partial charge on any atom is -0.339 e. The van der Waals surface area contributed by atoms with Gasteiger partial charge in [0.1, 0.15) is 11.5 Å². The fraction of sp³-hybridized carbons (Fsp3) is 0.364. The Morgan fingerprint density at radius 2 is 2.41 bits per heavy atom. The van der Waals surface area contributed by atoms with E-state index in [1.165, 1.54) is 4.90 Å². The number of nitrogens with zero attached hydrogens (tertiary/aromatic N) is 3. The molecule has 0 aliphatic rings. The van der Waals surface area contributed by atoms with E-state index >= 15 is 0 Å². The fourth-order valence-electron chi connectivity index (χ4n) is 1.36. The molecule has 0 spiro atoms. The SMILES string of the molecule is CC(C#N)CN(C)C(=O)c1cccc(NN)n1. The van der Waals surface area contributed by atoms with Crippen LogP contribution in [0.1, 0.15) is 17.4 Å². The van der Waals surface area contributed by atoms with E-state index in [1.54, 1.807) is 32.2 Å². The quantitative estimate of drug-likeness (QED) is 0.586. The number of hydrogen-bond donors (Lipinski definition) is 2. The Bertz CT molecular complexity index is 440. The third kappa shape index (κ3) is 3.43. The van der Waals surface area contributed by atoms with Crippen molar-refractivity contribution >= 4 is 11.7 Å². The lowest BCUT2D eigenvalue weighted by Gasteiger charge is -2.17. The van der Waals surface area contributed by atoms with Crippen LogP contribution in [0.4, 0.5) is 5.82 Å². The lowest BCUT2D eigenvalue weighted by molar-refractivity contribution is 0.0779. The summed E-state index contributed by atoms with van der Waals surface area (Å²) in [6.07, 6.45) is 0. The molecule has 0 aliphatic heterocycles. The molecule has 1 aromatic heterocycles. The summed E-state index contributed by atoms with van der Waals surface area (Å²) < 4.78 is 0. The van der Waals surface area contributed by atoms with Crippen molar-refractivity contribution in [2.75, 3.05) is 19.0 Å². The summed E-state index contributed by atoms with van der Waals surface area (Å²) in [7, 11) is 1.64. The number of pyridine rings is 1. The van der Waals surface area contributed by atoms with E-state index in [2.05, 4.69) is 16.5 Å². The zero-order chi connectivity index (χ0) is 12.8. The minimum absolute atomic E-state index is 0.209. The molecule has 0 aliphatic carbocycles. The van der Waals surface area contributed by atoms with E-state index in [1.807, 2.05) is 0 Å². The van der Waals surface area contributed by atoms with Gasteiger partial charge in [-0.2, -0.15) is 5.26 Å². The number of rotatable bonds is 4. The minimum atomic E-state index is -0.232. The molecule has 90 valence electrons. The monoisotopic (exact) mass is 233 g/mol. The molecule has 0 radical (unpaired) electrons. The number of aromatic nitrogens is 1. The molecule has 3 N–H and O–H groups in total. The Morgan fingerprint density at radius 3 is 3.00 bits per heavy atom. The molecular weight excluding hydrogens is 218 g/mol. The molecule has 1 atom stereocenters. The molecule has 0 aromatic carbocycles. The molecule has 0 saturated carbocycles. The van der Waals surface area contributed by atoms with Gasteiger partial charge in [0.05, 0.1) is 12.0 Å². The first-order chi connectivity index (χ1) is 8.08. The molecule has 1 heterocycles. The van der Waals surface area contributed by atoms with Gasteiger partial charge in [-0.1, -0.05) is 6.07 Å². The third-order valence-corrected chi connectivity index (χ3v) is 2.23. The second-order valence-electron chi connectivity index (χ2n) is 3.77. The van der Waals surface area contributed by atoms with E-state index < -0.39 is 0 Å². The largest absolute Gasteiger partial charge is 0.339 e. The maximum atomic E-state index is 11.9. The Kier molecular flexibility index (Phi) is 4.43. The number of carbonyl (C=O) groups is 1. The van der Waals surface area contributed by atoms with Crippen molar-refractivity contribution in [3.63, 3.8) is 0 Å². The first-order valence-corrected chi connectivity index (χ1v) is 5.17. The molecule has 1 amide bonds. The molecule has 1 aromatic rings. The number of carbonyl (C=O) groups excluding carboxylic acids is 1. The predicted octanol–water partition coefficient (Wildman–Crippen LogP) is 0.599. The van der Waals surface area contributed by atoms with Crippen molar-refractivity contribution in [1.82, 2.24) is 9.88 Å². The van der Waals surface area contributed by atoms with Crippen LogP contribution in [0.15, 0.2) is 18.2 Å². The number of nitriles is 1. The van der Waals surface area contributed by atoms with E-state index in [4.69, 9.17) is 11.1 Å². The summed E-state index contributed by atoms with van der Waals surface area (Å²) in [5.41, 5.74) is 2.68. The summed E-state index contributed by atoms with van der Waals surface area (Å²) in [5, 5.41) is 8.69. The van der Waals surface area contributed by atoms with Crippen LogP contribution < -0.4 is 11.3 Å². The molecule has 0 saturated heterocycles. The number of nitrogens with two attached hydrogens (primary N) is 1. The van der Waals surface area contributed by atoms with Crippen molar-refractivity contribution < 1.29 is 4.79 Å². The van der Waals surface area contributed by atoms with Crippen molar-refractivity contribution in [3.8, 4) is 6.07 Å². The fourth-order valence-corrected chi connectivity index (χ4v) is 1.36. The first-order valence-electron chi connectivity index (χ1n) is 5.17. The highest BCUT2D eigenvalue weighted by molar-refractivity contribution is 5.92. The summed E-state index contributed by atoms with van der Waals surface area (Å²) >= 11 is 0. The van der Waals surface area contributed by atoms with E-state index in [-0.39, 0.29) is 11.8 Å². The molecule has 1 rings (SSSR count). The van der Waals surface area contributed by atoms with Crippen LogP contribution in [-0.2, 0) is 0 Å². The Labute approximate surface area is 100 Å². The van der Waals surface area contributed by atoms with Gasteiger partial charge in [-0.25, -0.2) is 10.8 Å². The highest BCUT2D eigenvalue weighted by Gasteiger charge is 2.15. The Balaban J connectivity index is 2.78. The summed E-state index contributed by atoms with van der Waals surface area (Å²) in [5.74, 6) is 5.20. The topological polar surface area (TPSA) is 95.0 Å². The van der Waals surface area contributed by atoms with Gasteiger partial charge >= 0.3 is 0 Å². The van der Waals surface area contributed by atoms with Crippen LogP contribution in [0.5, 0.6) is 0 Å². The lowest BCUT2D eigenvalue weighted by atomic mass is 10.2. The van der Waals surface area contributed by atoms with Gasteiger partial charge in [0, 0.05) is 13.6 Å². The van der Waals surface area contributed by atoms with Gasteiger partial charge in [0.2, 0.25) is 0 Å². The highest BCUT2D eigenvalue weighted by atomic mass is 16.2. The van der Waals surface area contributed by atoms with Gasteiger partial charge in [0.25, 0.3) is 5.91 Å². The van der Waals surface area contributed by atoms with Gasteiger partial charge in [-0.05, 0) is 19.1 Å². The van der Waals surface area contributed by atoms with Gasteiger partial charge in [-0.3, -0.25) is 4.79 Å². The molecule has 0 fully saturated rings. The summed E-state index contributed by atoms with van der Waals surface area (Å²) in [6.45, 7) is 2.13. The normalized spacial score (nSPS) is 11.4. The van der Waals surface area contributed by atoms with Crippen LogP contribution in [0, 0.1) is 17.2 Å². The van der Waals surface area contributed by atoms with Crippen LogP contribution in [0.3, 0.4) is 0 Å². The summed E-state index contributed by atoms with van der Waals surface area (Å²) in [4.78, 5) is 17.5. The smallest absolute Gasteiger partial charge is 0.272 e. The second kappa shape index (κ2) is 5.82. The molecule has 0 bridgehead atoms. The maximum Gasteiger partial charge on any atom is 0.272 e. The molecule has 6 nitrogen and oxygen atoms in total. The average Bonchev–Trinajstić information content (AvgIpc) is 2.37. The number of anilines is 1. The van der Waals surface area contributed by atoms with Crippen LogP contribution in [0.25, 0.3) is 0 Å². The van der Waals surface area contributed by atoms with Gasteiger partial charge in [0.15, 0.2) is 0 Å². The molecular formula is C11H15N5O.